The van der Waals surface area contributed by atoms with E-state index in [1.54, 1.807) is 0 Å². The number of carbonyl (C=O) groups is 1. The molecule has 160 valence electrons. The van der Waals surface area contributed by atoms with Crippen molar-refractivity contribution in [3.8, 4) is 23.0 Å². The average Bonchev–Trinajstić information content (AvgIpc) is 2.76. The third-order valence-corrected chi connectivity index (χ3v) is 4.13. The number of hydrogen-bond acceptors (Lipinski definition) is 6. The highest BCUT2D eigenvalue weighted by molar-refractivity contribution is 6.01. The topological polar surface area (TPSA) is 97.6 Å². The van der Waals surface area contributed by atoms with Gasteiger partial charge in [-0.2, -0.15) is 0 Å². The number of ether oxygens (including phenoxy) is 2. The summed E-state index contributed by atoms with van der Waals surface area (Å²) in [6, 6.07) is 20.6. The lowest BCUT2D eigenvalue weighted by molar-refractivity contribution is 0.0696. The molecule has 7 nitrogen and oxygen atoms in total. The van der Waals surface area contributed by atoms with Crippen molar-refractivity contribution in [3.05, 3.63) is 83.9 Å². The molecule has 0 bridgehead atoms. The number of hydrogen-bond donors (Lipinski definition) is 2. The Morgan fingerprint density at radius 2 is 1.65 bits per heavy atom. The van der Waals surface area contributed by atoms with E-state index >= 15 is 0 Å². The maximum absolute atomic E-state index is 11.2. The van der Waals surface area contributed by atoms with E-state index in [0.717, 1.165) is 18.1 Å². The molecule has 0 heterocycles. The van der Waals surface area contributed by atoms with Crippen LogP contribution in [-0.2, 0) is 4.84 Å². The van der Waals surface area contributed by atoms with E-state index in [-0.39, 0.29) is 23.7 Å². The molecule has 0 aromatic heterocycles. The lowest BCUT2D eigenvalue weighted by Crippen LogP contribution is -2.14. The van der Waals surface area contributed by atoms with Gasteiger partial charge in [0.25, 0.3) is 0 Å². The number of phenols is 1. The number of phenolic OH excluding ortho intramolecular Hbond substituents is 1. The van der Waals surface area contributed by atoms with E-state index in [4.69, 9.17) is 19.4 Å². The van der Waals surface area contributed by atoms with Crippen molar-refractivity contribution in [1.82, 2.24) is 0 Å². The summed E-state index contributed by atoms with van der Waals surface area (Å²) in [5.74, 6) is 0.174. The highest BCUT2D eigenvalue weighted by Gasteiger charge is 2.11. The van der Waals surface area contributed by atoms with Crippen molar-refractivity contribution in [2.45, 2.75) is 13.3 Å². The number of benzene rings is 3. The molecule has 0 saturated carbocycles. The van der Waals surface area contributed by atoms with Crippen LogP contribution in [0.25, 0.3) is 0 Å². The molecule has 0 aliphatic heterocycles. The van der Waals surface area contributed by atoms with E-state index in [1.165, 1.54) is 12.1 Å². The molecule has 0 aliphatic rings. The summed E-state index contributed by atoms with van der Waals surface area (Å²) in [6.45, 7) is 2.42. The minimum Gasteiger partial charge on any atom is -0.508 e. The number of carboxylic acid groups (broad SMARTS) is 1. The number of carboxylic acids is 1. The highest BCUT2D eigenvalue weighted by Crippen LogP contribution is 2.24. The standard InChI is InChI=1S/C24H23NO6/c1-2-11-30-25-23(16-29-22-14-18(24(27)28)12-19(26)15-22)17-7-6-10-21(13-17)31-20-8-4-3-5-9-20/h3-10,12-15,26H,2,11,16H2,1H3,(H,27,28)/b25-23+. The van der Waals surface area contributed by atoms with Gasteiger partial charge in [0, 0.05) is 11.6 Å². The van der Waals surface area contributed by atoms with Gasteiger partial charge < -0.3 is 24.5 Å². The van der Waals surface area contributed by atoms with Crippen LogP contribution in [0, 0.1) is 0 Å². The van der Waals surface area contributed by atoms with E-state index < -0.39 is 5.97 Å². The van der Waals surface area contributed by atoms with Crippen molar-refractivity contribution >= 4 is 11.7 Å². The third-order valence-electron chi connectivity index (χ3n) is 4.13. The number of rotatable bonds is 10. The molecule has 3 rings (SSSR count). The summed E-state index contributed by atoms with van der Waals surface area (Å²) in [7, 11) is 0. The van der Waals surface area contributed by atoms with E-state index in [0.29, 0.717) is 23.8 Å². The van der Waals surface area contributed by atoms with Gasteiger partial charge in [-0.25, -0.2) is 4.79 Å². The van der Waals surface area contributed by atoms with Gasteiger partial charge in [-0.1, -0.05) is 42.4 Å². The van der Waals surface area contributed by atoms with Crippen LogP contribution in [0.1, 0.15) is 29.3 Å². The number of nitrogens with zero attached hydrogens (tertiary/aromatic N) is 1. The quantitative estimate of drug-likeness (QED) is 0.269. The van der Waals surface area contributed by atoms with Gasteiger partial charge in [0.2, 0.25) is 0 Å². The second kappa shape index (κ2) is 10.7. The molecule has 0 fully saturated rings. The predicted octanol–water partition coefficient (Wildman–Crippen LogP) is 5.09. The SMILES string of the molecule is CCCO/N=C(\COc1cc(O)cc(C(=O)O)c1)c1cccc(Oc2ccccc2)c1. The number of para-hydroxylation sites is 1. The van der Waals surface area contributed by atoms with E-state index in [9.17, 15) is 9.90 Å². The van der Waals surface area contributed by atoms with Crippen LogP contribution in [0.2, 0.25) is 0 Å². The minimum absolute atomic E-state index is 0.00101. The molecule has 0 saturated heterocycles. The molecule has 0 aliphatic carbocycles. The normalized spacial score (nSPS) is 11.1. The Labute approximate surface area is 180 Å². The van der Waals surface area contributed by atoms with Crippen molar-refractivity contribution in [3.63, 3.8) is 0 Å². The fourth-order valence-electron chi connectivity index (χ4n) is 2.68. The molecule has 3 aromatic carbocycles. The average molecular weight is 421 g/mol. The van der Waals surface area contributed by atoms with Crippen LogP contribution < -0.4 is 9.47 Å². The third kappa shape index (κ3) is 6.50. The molecule has 7 heteroatoms. The zero-order valence-electron chi connectivity index (χ0n) is 17.0. The largest absolute Gasteiger partial charge is 0.508 e. The Hall–Kier alpha value is -4.00. The predicted molar refractivity (Wildman–Crippen MR) is 116 cm³/mol. The monoisotopic (exact) mass is 421 g/mol. The summed E-state index contributed by atoms with van der Waals surface area (Å²) in [6.07, 6.45) is 0.795. The van der Waals surface area contributed by atoms with Gasteiger partial charge in [0.15, 0.2) is 0 Å². The van der Waals surface area contributed by atoms with E-state index in [1.807, 2.05) is 61.5 Å². The summed E-state index contributed by atoms with van der Waals surface area (Å²) >= 11 is 0. The maximum atomic E-state index is 11.2. The van der Waals surface area contributed by atoms with Crippen LogP contribution in [0.4, 0.5) is 0 Å². The zero-order chi connectivity index (χ0) is 22.1. The first-order chi connectivity index (χ1) is 15.0. The van der Waals surface area contributed by atoms with Crippen molar-refractivity contribution in [1.29, 1.82) is 0 Å². The molecule has 0 spiro atoms. The molecular formula is C24H23NO6. The van der Waals surface area contributed by atoms with E-state index in [2.05, 4.69) is 5.16 Å². The lowest BCUT2D eigenvalue weighted by atomic mass is 10.1. The zero-order valence-corrected chi connectivity index (χ0v) is 17.0. The Balaban J connectivity index is 1.80. The molecule has 0 unspecified atom stereocenters. The van der Waals surface area contributed by atoms with Gasteiger partial charge in [0.05, 0.1) is 5.56 Å². The smallest absolute Gasteiger partial charge is 0.335 e. The summed E-state index contributed by atoms with van der Waals surface area (Å²) in [5, 5.41) is 23.1. The van der Waals surface area contributed by atoms with Gasteiger partial charge in [-0.3, -0.25) is 0 Å². The molecule has 0 atom stereocenters. The molecule has 3 aromatic rings. The van der Waals surface area contributed by atoms with Crippen molar-refractivity contribution in [2.75, 3.05) is 13.2 Å². The summed E-state index contributed by atoms with van der Waals surface area (Å²) in [5.41, 5.74) is 1.14. The first-order valence-electron chi connectivity index (χ1n) is 9.77. The fraction of sp³-hybridized carbons (Fsp3) is 0.167. The lowest BCUT2D eigenvalue weighted by Gasteiger charge is -2.12. The molecular weight excluding hydrogens is 398 g/mol. The number of oxime groups is 1. The van der Waals surface area contributed by atoms with Crippen LogP contribution in [0.3, 0.4) is 0 Å². The fourth-order valence-corrected chi connectivity index (χ4v) is 2.68. The van der Waals surface area contributed by atoms with Crippen LogP contribution in [-0.4, -0.2) is 35.1 Å². The van der Waals surface area contributed by atoms with Crippen molar-refractivity contribution < 1.29 is 29.3 Å². The first kappa shape index (κ1) is 21.7. The Bertz CT molecular complexity index is 1050. The molecule has 0 amide bonds. The molecule has 0 radical (unpaired) electrons. The highest BCUT2D eigenvalue weighted by atomic mass is 16.6. The van der Waals surface area contributed by atoms with Crippen LogP contribution in [0.5, 0.6) is 23.0 Å². The van der Waals surface area contributed by atoms with Gasteiger partial charge in [0.1, 0.15) is 41.9 Å². The summed E-state index contributed by atoms with van der Waals surface area (Å²) in [4.78, 5) is 16.6. The maximum Gasteiger partial charge on any atom is 0.335 e. The van der Waals surface area contributed by atoms with Crippen molar-refractivity contribution in [2.24, 2.45) is 5.16 Å². The minimum atomic E-state index is -1.16. The Kier molecular flexibility index (Phi) is 7.48. The summed E-state index contributed by atoms with van der Waals surface area (Å²) < 4.78 is 11.6. The van der Waals surface area contributed by atoms with Gasteiger partial charge in [-0.15, -0.1) is 0 Å². The Morgan fingerprint density at radius 3 is 2.39 bits per heavy atom. The molecule has 31 heavy (non-hydrogen) atoms. The first-order valence-corrected chi connectivity index (χ1v) is 9.77. The molecule has 2 N–H and O–H groups in total. The number of aromatic hydroxyl groups is 1. The number of aromatic carboxylic acids is 1. The second-order valence-electron chi connectivity index (χ2n) is 6.62. The van der Waals surface area contributed by atoms with Crippen LogP contribution in [0.15, 0.2) is 78.0 Å². The van der Waals surface area contributed by atoms with Gasteiger partial charge in [-0.05, 0) is 42.8 Å². The Morgan fingerprint density at radius 1 is 0.903 bits per heavy atom. The van der Waals surface area contributed by atoms with Gasteiger partial charge >= 0.3 is 5.97 Å². The second-order valence-corrected chi connectivity index (χ2v) is 6.62. The van der Waals surface area contributed by atoms with Crippen LogP contribution >= 0.6 is 0 Å².